The molecule has 4 nitrogen and oxygen atoms in total. The van der Waals surface area contributed by atoms with Crippen molar-refractivity contribution in [3.05, 3.63) is 46.0 Å². The molecule has 0 amide bonds. The SMILES string of the molecule is O=c1[nH]cnc(Nc2ccccc2SC(F)F)c1Cl. The highest BCUT2D eigenvalue weighted by molar-refractivity contribution is 7.99. The van der Waals surface area contributed by atoms with E-state index in [1.807, 2.05) is 0 Å². The number of hydrogen-bond acceptors (Lipinski definition) is 4. The molecule has 19 heavy (non-hydrogen) atoms. The van der Waals surface area contributed by atoms with E-state index in [4.69, 9.17) is 11.6 Å². The molecule has 0 saturated heterocycles. The van der Waals surface area contributed by atoms with Crippen LogP contribution in [0.2, 0.25) is 5.02 Å². The number of para-hydroxylation sites is 1. The summed E-state index contributed by atoms with van der Waals surface area (Å²) in [5.41, 5.74) is -0.0917. The average Bonchev–Trinajstić information content (AvgIpc) is 2.36. The quantitative estimate of drug-likeness (QED) is 0.849. The molecule has 0 radical (unpaired) electrons. The van der Waals surface area contributed by atoms with E-state index in [1.54, 1.807) is 24.3 Å². The summed E-state index contributed by atoms with van der Waals surface area (Å²) in [5, 5.41) is 2.64. The Hall–Kier alpha value is -1.60. The molecule has 0 atom stereocenters. The Kier molecular flexibility index (Phi) is 4.39. The number of alkyl halides is 2. The molecule has 0 aliphatic rings. The zero-order valence-corrected chi connectivity index (χ0v) is 10.9. The lowest BCUT2D eigenvalue weighted by atomic mass is 10.3. The van der Waals surface area contributed by atoms with E-state index in [-0.39, 0.29) is 10.8 Å². The molecule has 0 bridgehead atoms. The van der Waals surface area contributed by atoms with E-state index in [9.17, 15) is 13.6 Å². The maximum Gasteiger partial charge on any atom is 0.288 e. The van der Waals surface area contributed by atoms with Crippen molar-refractivity contribution in [1.29, 1.82) is 0 Å². The standard InChI is InChI=1S/C11H8ClF2N3OS/c12-8-9(15-5-16-10(8)18)17-6-3-1-2-4-7(6)19-11(13)14/h1-5,11H,(H2,15,16,17,18). The number of nitrogens with one attached hydrogen (secondary N) is 2. The van der Waals surface area contributed by atoms with E-state index < -0.39 is 11.3 Å². The lowest BCUT2D eigenvalue weighted by Crippen LogP contribution is -2.09. The van der Waals surface area contributed by atoms with E-state index in [0.717, 1.165) is 0 Å². The fraction of sp³-hybridized carbons (Fsp3) is 0.0909. The van der Waals surface area contributed by atoms with E-state index in [0.29, 0.717) is 22.3 Å². The zero-order chi connectivity index (χ0) is 13.8. The minimum Gasteiger partial charge on any atom is -0.338 e. The summed E-state index contributed by atoms with van der Waals surface area (Å²) in [7, 11) is 0. The first-order chi connectivity index (χ1) is 9.08. The van der Waals surface area contributed by atoms with Crippen molar-refractivity contribution < 1.29 is 8.78 Å². The molecular formula is C11H8ClF2N3OS. The fourth-order valence-corrected chi connectivity index (χ4v) is 2.11. The number of anilines is 2. The highest BCUT2D eigenvalue weighted by atomic mass is 35.5. The van der Waals surface area contributed by atoms with Gasteiger partial charge >= 0.3 is 0 Å². The summed E-state index contributed by atoms with van der Waals surface area (Å²) in [6.07, 6.45) is 1.18. The minimum absolute atomic E-state index is 0.118. The Morgan fingerprint density at radius 2 is 2.11 bits per heavy atom. The molecule has 2 N–H and O–H groups in total. The minimum atomic E-state index is -2.54. The number of nitrogens with zero attached hydrogens (tertiary/aromatic N) is 1. The molecule has 2 aromatic rings. The first kappa shape index (κ1) is 13.8. The highest BCUT2D eigenvalue weighted by Crippen LogP contribution is 2.33. The summed E-state index contributed by atoms with van der Waals surface area (Å²) in [4.78, 5) is 17.8. The van der Waals surface area contributed by atoms with E-state index >= 15 is 0 Å². The van der Waals surface area contributed by atoms with Gasteiger partial charge in [-0.2, -0.15) is 8.78 Å². The first-order valence-corrected chi connectivity index (χ1v) is 6.37. The van der Waals surface area contributed by atoms with Gasteiger partial charge in [-0.1, -0.05) is 35.5 Å². The molecular weight excluding hydrogens is 296 g/mol. The maximum atomic E-state index is 12.4. The van der Waals surface area contributed by atoms with Gasteiger partial charge in [0.15, 0.2) is 5.82 Å². The third-order valence-electron chi connectivity index (χ3n) is 2.15. The number of benzene rings is 1. The van der Waals surface area contributed by atoms with Gasteiger partial charge in [-0.15, -0.1) is 0 Å². The number of rotatable bonds is 4. The van der Waals surface area contributed by atoms with Crippen LogP contribution in [0.4, 0.5) is 20.3 Å². The molecule has 0 unspecified atom stereocenters. The Morgan fingerprint density at radius 1 is 1.37 bits per heavy atom. The monoisotopic (exact) mass is 303 g/mol. The summed E-state index contributed by atoms with van der Waals surface area (Å²) in [6, 6.07) is 6.46. The lowest BCUT2D eigenvalue weighted by molar-refractivity contribution is 0.252. The van der Waals surface area contributed by atoms with Crippen molar-refractivity contribution in [2.24, 2.45) is 0 Å². The molecule has 0 fully saturated rings. The van der Waals surface area contributed by atoms with Crippen LogP contribution in [0, 0.1) is 0 Å². The van der Waals surface area contributed by atoms with Crippen LogP contribution in [-0.4, -0.2) is 15.7 Å². The molecule has 0 aliphatic carbocycles. The van der Waals surface area contributed by atoms with Crippen LogP contribution in [0.1, 0.15) is 0 Å². The predicted molar refractivity (Wildman–Crippen MR) is 71.5 cm³/mol. The summed E-state index contributed by atoms with van der Waals surface area (Å²) in [6.45, 7) is 0. The number of thioether (sulfide) groups is 1. The molecule has 1 aromatic carbocycles. The van der Waals surface area contributed by atoms with Crippen LogP contribution in [0.5, 0.6) is 0 Å². The van der Waals surface area contributed by atoms with Gasteiger partial charge in [-0.3, -0.25) is 4.79 Å². The fourth-order valence-electron chi connectivity index (χ4n) is 1.37. The van der Waals surface area contributed by atoms with Gasteiger partial charge in [0, 0.05) is 4.90 Å². The predicted octanol–water partition coefficient (Wildman–Crippen LogP) is 3.48. The van der Waals surface area contributed by atoms with Crippen LogP contribution >= 0.6 is 23.4 Å². The molecule has 0 saturated carbocycles. The molecule has 0 spiro atoms. The first-order valence-electron chi connectivity index (χ1n) is 5.12. The normalized spacial score (nSPS) is 10.7. The van der Waals surface area contributed by atoms with E-state index in [1.165, 1.54) is 6.33 Å². The topological polar surface area (TPSA) is 57.8 Å². The van der Waals surface area contributed by atoms with Gasteiger partial charge in [0.05, 0.1) is 12.0 Å². The van der Waals surface area contributed by atoms with Crippen LogP contribution < -0.4 is 10.9 Å². The summed E-state index contributed by atoms with van der Waals surface area (Å²) >= 11 is 6.18. The van der Waals surface area contributed by atoms with Gasteiger partial charge in [-0.05, 0) is 12.1 Å². The number of halogens is 3. The maximum absolute atomic E-state index is 12.4. The van der Waals surface area contributed by atoms with Crippen molar-refractivity contribution in [2.75, 3.05) is 5.32 Å². The largest absolute Gasteiger partial charge is 0.338 e. The lowest BCUT2D eigenvalue weighted by Gasteiger charge is -2.11. The molecule has 2 rings (SSSR count). The number of H-pyrrole nitrogens is 1. The second-order valence-corrected chi connectivity index (χ2v) is 4.80. The second kappa shape index (κ2) is 6.03. The molecule has 0 aliphatic heterocycles. The van der Waals surface area contributed by atoms with Crippen molar-refractivity contribution in [2.45, 2.75) is 10.7 Å². The van der Waals surface area contributed by atoms with Crippen molar-refractivity contribution in [3.63, 3.8) is 0 Å². The third kappa shape index (κ3) is 3.45. The Labute approximate surface area is 116 Å². The smallest absolute Gasteiger partial charge is 0.288 e. The molecule has 1 heterocycles. The van der Waals surface area contributed by atoms with Gasteiger partial charge in [0.1, 0.15) is 5.02 Å². The van der Waals surface area contributed by atoms with Crippen LogP contribution in [0.15, 0.2) is 40.3 Å². The Bertz CT molecular complexity index is 635. The van der Waals surface area contributed by atoms with E-state index in [2.05, 4.69) is 15.3 Å². The van der Waals surface area contributed by atoms with Crippen LogP contribution in [-0.2, 0) is 0 Å². The Balaban J connectivity index is 2.33. The summed E-state index contributed by atoms with van der Waals surface area (Å²) in [5.74, 6) is -2.42. The molecule has 8 heteroatoms. The van der Waals surface area contributed by atoms with Crippen molar-refractivity contribution >= 4 is 34.9 Å². The average molecular weight is 304 g/mol. The third-order valence-corrected chi connectivity index (χ3v) is 3.29. The molecule has 100 valence electrons. The van der Waals surface area contributed by atoms with Crippen LogP contribution in [0.25, 0.3) is 0 Å². The van der Waals surface area contributed by atoms with Gasteiger partial charge in [0.2, 0.25) is 0 Å². The van der Waals surface area contributed by atoms with Gasteiger partial charge in [0.25, 0.3) is 11.3 Å². The number of aromatic nitrogens is 2. The van der Waals surface area contributed by atoms with Gasteiger partial charge < -0.3 is 10.3 Å². The summed E-state index contributed by atoms with van der Waals surface area (Å²) < 4.78 is 24.8. The van der Waals surface area contributed by atoms with Crippen molar-refractivity contribution in [3.8, 4) is 0 Å². The highest BCUT2D eigenvalue weighted by Gasteiger charge is 2.12. The molecule has 1 aromatic heterocycles. The Morgan fingerprint density at radius 3 is 2.84 bits per heavy atom. The number of hydrogen-bond donors (Lipinski definition) is 2. The van der Waals surface area contributed by atoms with Gasteiger partial charge in [-0.25, -0.2) is 4.98 Å². The zero-order valence-electron chi connectivity index (χ0n) is 9.36. The van der Waals surface area contributed by atoms with Crippen molar-refractivity contribution in [1.82, 2.24) is 9.97 Å². The number of aromatic amines is 1. The van der Waals surface area contributed by atoms with Crippen LogP contribution in [0.3, 0.4) is 0 Å². The second-order valence-electron chi connectivity index (χ2n) is 3.39.